The normalized spacial score (nSPS) is 14.2. The van der Waals surface area contributed by atoms with Gasteiger partial charge in [0, 0.05) is 17.6 Å². The first-order valence-electron chi connectivity index (χ1n) is 8.79. The molecule has 0 aliphatic carbocycles. The number of alkyl halides is 3. The van der Waals surface area contributed by atoms with Crippen LogP contribution in [0.5, 0.6) is 5.75 Å². The Morgan fingerprint density at radius 1 is 1.19 bits per heavy atom. The zero-order valence-corrected chi connectivity index (χ0v) is 18.2. The monoisotopic (exact) mass is 490 g/mol. The lowest BCUT2D eigenvalue weighted by Crippen LogP contribution is -2.29. The highest BCUT2D eigenvalue weighted by Crippen LogP contribution is 2.42. The zero-order valence-electron chi connectivity index (χ0n) is 15.8. The van der Waals surface area contributed by atoms with Gasteiger partial charge in [0.05, 0.1) is 33.4 Å². The standard InChI is InChI=1S/C18H14ClF3N4O3S2/c1-10-23-17(30-24-10)25-31(27,28)12-3-5-15-16(9-12)29-7-6-26(15)14-4-2-11(8-13(14)19)18(20,21)22/h2-5,8-9H,6-7H2,1H3,(H,23,24,25). The maximum absolute atomic E-state index is 12.9. The van der Waals surface area contributed by atoms with Gasteiger partial charge in [-0.15, -0.1) is 0 Å². The number of halogens is 4. The molecule has 0 bridgehead atoms. The molecule has 0 saturated heterocycles. The summed E-state index contributed by atoms with van der Waals surface area (Å²) in [4.78, 5) is 5.60. The van der Waals surface area contributed by atoms with Gasteiger partial charge < -0.3 is 9.64 Å². The van der Waals surface area contributed by atoms with Crippen LogP contribution in [0.25, 0.3) is 0 Å². The first-order valence-corrected chi connectivity index (χ1v) is 11.4. The molecule has 2 heterocycles. The van der Waals surface area contributed by atoms with Gasteiger partial charge in [-0.2, -0.15) is 17.5 Å². The fraction of sp³-hybridized carbons (Fsp3) is 0.222. The predicted molar refractivity (Wildman–Crippen MR) is 111 cm³/mol. The van der Waals surface area contributed by atoms with E-state index in [9.17, 15) is 21.6 Å². The Morgan fingerprint density at radius 2 is 1.94 bits per heavy atom. The summed E-state index contributed by atoms with van der Waals surface area (Å²) in [5.41, 5.74) is -0.00920. The van der Waals surface area contributed by atoms with Gasteiger partial charge in [-0.3, -0.25) is 4.72 Å². The maximum Gasteiger partial charge on any atom is 0.416 e. The van der Waals surface area contributed by atoms with E-state index in [0.717, 1.165) is 23.7 Å². The van der Waals surface area contributed by atoms with Gasteiger partial charge >= 0.3 is 6.18 Å². The molecule has 1 aliphatic heterocycles. The average Bonchev–Trinajstić information content (AvgIpc) is 3.10. The number of rotatable bonds is 4. The Hall–Kier alpha value is -2.57. The van der Waals surface area contributed by atoms with E-state index in [-0.39, 0.29) is 27.4 Å². The highest BCUT2D eigenvalue weighted by atomic mass is 35.5. The number of ether oxygens (including phenoxy) is 1. The van der Waals surface area contributed by atoms with E-state index in [0.29, 0.717) is 23.7 Å². The van der Waals surface area contributed by atoms with Gasteiger partial charge in [-0.05, 0) is 37.3 Å². The smallest absolute Gasteiger partial charge is 0.416 e. The molecule has 0 unspecified atom stereocenters. The van der Waals surface area contributed by atoms with E-state index in [2.05, 4.69) is 14.1 Å². The van der Waals surface area contributed by atoms with Crippen LogP contribution in [-0.4, -0.2) is 30.9 Å². The fourth-order valence-corrected chi connectivity index (χ4v) is 5.13. The van der Waals surface area contributed by atoms with Crippen LogP contribution in [0.4, 0.5) is 29.7 Å². The molecule has 0 saturated carbocycles. The summed E-state index contributed by atoms with van der Waals surface area (Å²) in [6.07, 6.45) is -4.51. The summed E-state index contributed by atoms with van der Waals surface area (Å²) in [6.45, 7) is 2.16. The molecule has 2 aromatic carbocycles. The van der Waals surface area contributed by atoms with Gasteiger partial charge in [0.2, 0.25) is 5.13 Å². The van der Waals surface area contributed by atoms with Gasteiger partial charge in [0.1, 0.15) is 18.2 Å². The number of hydrogen-bond acceptors (Lipinski definition) is 7. The Bertz CT molecular complexity index is 1250. The van der Waals surface area contributed by atoms with E-state index in [1.165, 1.54) is 24.3 Å². The number of nitrogens with zero attached hydrogens (tertiary/aromatic N) is 3. The van der Waals surface area contributed by atoms with Gasteiger partial charge in [-0.25, -0.2) is 13.4 Å². The van der Waals surface area contributed by atoms with Crippen molar-refractivity contribution < 1.29 is 26.3 Å². The quantitative estimate of drug-likeness (QED) is 0.563. The fourth-order valence-electron chi connectivity index (χ4n) is 3.03. The summed E-state index contributed by atoms with van der Waals surface area (Å²) in [5, 5.41) is 0.0574. The maximum atomic E-state index is 12.9. The second-order valence-electron chi connectivity index (χ2n) is 6.55. The van der Waals surface area contributed by atoms with Gasteiger partial charge in [0.15, 0.2) is 0 Å². The highest BCUT2D eigenvalue weighted by molar-refractivity contribution is 7.93. The van der Waals surface area contributed by atoms with E-state index in [1.807, 2.05) is 0 Å². The topological polar surface area (TPSA) is 84.4 Å². The largest absolute Gasteiger partial charge is 0.489 e. The van der Waals surface area contributed by atoms with Crippen LogP contribution in [0.15, 0.2) is 41.3 Å². The summed E-state index contributed by atoms with van der Waals surface area (Å²) >= 11 is 7.05. The number of benzene rings is 2. The molecular weight excluding hydrogens is 477 g/mol. The average molecular weight is 491 g/mol. The van der Waals surface area contributed by atoms with Crippen molar-refractivity contribution in [3.8, 4) is 5.75 Å². The van der Waals surface area contributed by atoms with Crippen LogP contribution in [-0.2, 0) is 16.2 Å². The second-order valence-corrected chi connectivity index (χ2v) is 9.39. The lowest BCUT2D eigenvalue weighted by atomic mass is 10.1. The molecule has 164 valence electrons. The summed E-state index contributed by atoms with van der Waals surface area (Å²) < 4.78 is 76.0. The molecule has 13 heteroatoms. The van der Waals surface area contributed by atoms with Gasteiger partial charge in [0.25, 0.3) is 10.0 Å². The van der Waals surface area contributed by atoms with Crippen LogP contribution in [0.3, 0.4) is 0 Å². The number of sulfonamides is 1. The predicted octanol–water partition coefficient (Wildman–Crippen LogP) is 4.85. The molecule has 0 fully saturated rings. The highest BCUT2D eigenvalue weighted by Gasteiger charge is 2.32. The number of fused-ring (bicyclic) bond motifs is 1. The van der Waals surface area contributed by atoms with Crippen LogP contribution in [0.1, 0.15) is 11.4 Å². The van der Waals surface area contributed by atoms with Gasteiger partial charge in [-0.1, -0.05) is 11.6 Å². The summed E-state index contributed by atoms with van der Waals surface area (Å²) in [6, 6.07) is 7.32. The van der Waals surface area contributed by atoms with Crippen LogP contribution >= 0.6 is 23.1 Å². The third kappa shape index (κ3) is 4.41. The number of aromatic nitrogens is 2. The Balaban J connectivity index is 1.66. The molecule has 7 nitrogen and oxygen atoms in total. The molecule has 1 aliphatic rings. The van der Waals surface area contributed by atoms with Crippen molar-refractivity contribution >= 4 is 49.7 Å². The third-order valence-electron chi connectivity index (χ3n) is 4.42. The number of aryl methyl sites for hydroxylation is 1. The Morgan fingerprint density at radius 3 is 2.58 bits per heavy atom. The minimum Gasteiger partial charge on any atom is -0.489 e. The van der Waals surface area contributed by atoms with Crippen LogP contribution in [0, 0.1) is 6.92 Å². The van der Waals surface area contributed by atoms with Crippen molar-refractivity contribution in [1.82, 2.24) is 9.36 Å². The van der Waals surface area contributed by atoms with E-state index in [4.69, 9.17) is 16.3 Å². The summed E-state index contributed by atoms with van der Waals surface area (Å²) in [5.74, 6) is 0.707. The van der Waals surface area contributed by atoms with Crippen LogP contribution < -0.4 is 14.4 Å². The van der Waals surface area contributed by atoms with Crippen molar-refractivity contribution in [1.29, 1.82) is 0 Å². The first-order chi connectivity index (χ1) is 14.5. The number of hydrogen-bond donors (Lipinski definition) is 1. The molecule has 0 amide bonds. The van der Waals surface area contributed by atoms with Crippen molar-refractivity contribution in [2.75, 3.05) is 22.8 Å². The molecule has 4 rings (SSSR count). The van der Waals surface area contributed by atoms with Crippen molar-refractivity contribution in [2.45, 2.75) is 18.0 Å². The number of nitrogens with one attached hydrogen (secondary N) is 1. The molecule has 1 N–H and O–H groups in total. The van der Waals surface area contributed by atoms with E-state index < -0.39 is 21.8 Å². The van der Waals surface area contributed by atoms with Crippen molar-refractivity contribution in [2.24, 2.45) is 0 Å². The second kappa shape index (κ2) is 7.84. The molecule has 0 atom stereocenters. The minimum absolute atomic E-state index is 0.0560. The summed E-state index contributed by atoms with van der Waals surface area (Å²) in [7, 11) is -3.94. The Labute approximate surface area is 184 Å². The molecule has 0 radical (unpaired) electrons. The molecule has 1 aromatic heterocycles. The zero-order chi connectivity index (χ0) is 22.4. The minimum atomic E-state index is -4.51. The Kier molecular flexibility index (Phi) is 5.48. The molecule has 0 spiro atoms. The molecule has 31 heavy (non-hydrogen) atoms. The number of anilines is 3. The third-order valence-corrected chi connectivity index (χ3v) is 6.91. The van der Waals surface area contributed by atoms with E-state index >= 15 is 0 Å². The lowest BCUT2D eigenvalue weighted by Gasteiger charge is -2.32. The first kappa shape index (κ1) is 21.7. The molecular formula is C18H14ClF3N4O3S2. The van der Waals surface area contributed by atoms with Crippen molar-refractivity contribution in [3.63, 3.8) is 0 Å². The van der Waals surface area contributed by atoms with Crippen LogP contribution in [0.2, 0.25) is 5.02 Å². The van der Waals surface area contributed by atoms with Crippen molar-refractivity contribution in [3.05, 3.63) is 52.8 Å². The lowest BCUT2D eigenvalue weighted by molar-refractivity contribution is -0.137. The molecule has 3 aromatic rings. The van der Waals surface area contributed by atoms with E-state index in [1.54, 1.807) is 11.8 Å². The SMILES string of the molecule is Cc1nsc(NS(=O)(=O)c2ccc3c(c2)OCCN3c2ccc(C(F)(F)F)cc2Cl)n1.